The normalized spacial score (nSPS) is 31.5. The maximum Gasteiger partial charge on any atom is 0.258 e. The van der Waals surface area contributed by atoms with Crippen molar-refractivity contribution in [1.82, 2.24) is 10.6 Å². The minimum absolute atomic E-state index is 0. The molecule has 3 unspecified atom stereocenters. The van der Waals surface area contributed by atoms with E-state index in [1.807, 2.05) is 30.3 Å². The smallest absolute Gasteiger partial charge is 0.258 e. The summed E-state index contributed by atoms with van der Waals surface area (Å²) >= 11 is 0. The molecule has 138 valence electrons. The average molecular weight is 366 g/mol. The zero-order valence-corrected chi connectivity index (χ0v) is 15.2. The molecule has 1 aromatic carbocycles. The summed E-state index contributed by atoms with van der Waals surface area (Å²) in [6.45, 7) is 1.83. The molecule has 0 radical (unpaired) electrons. The van der Waals surface area contributed by atoms with Gasteiger partial charge in [0, 0.05) is 17.9 Å². The Hall–Kier alpha value is -1.14. The number of nitrogens with two attached hydrogens (primary N) is 1. The van der Waals surface area contributed by atoms with Crippen LogP contribution in [0, 0.1) is 17.3 Å². The molecule has 1 heterocycles. The molecular weight excluding hydrogens is 338 g/mol. The standard InChI is InChI=1S/C19H27N3O2.ClH/c20-16(18-10-15(18)11-21-12-18)22-17(23)19(24,14-8-4-5-9-14)13-6-2-1-3-7-13;/h1-3,6-7,14-16,21,24H,4-5,8-12,20H2,(H,22,23);1H/t15?,16?,18?,19-;/m0./s1. The summed E-state index contributed by atoms with van der Waals surface area (Å²) in [5.74, 6) is 0.186. The topological polar surface area (TPSA) is 87.4 Å². The molecule has 3 aliphatic rings. The Labute approximate surface area is 155 Å². The summed E-state index contributed by atoms with van der Waals surface area (Å²) in [5.41, 5.74) is 5.53. The van der Waals surface area contributed by atoms with Gasteiger partial charge in [-0.25, -0.2) is 0 Å². The van der Waals surface area contributed by atoms with Gasteiger partial charge in [0.05, 0.1) is 6.17 Å². The average Bonchev–Trinajstić information content (AvgIpc) is 2.99. The van der Waals surface area contributed by atoms with Crippen molar-refractivity contribution in [2.45, 2.75) is 43.9 Å². The van der Waals surface area contributed by atoms with Gasteiger partial charge in [0.15, 0.2) is 5.60 Å². The molecule has 6 heteroatoms. The number of carbonyl (C=O) groups is 1. The van der Waals surface area contributed by atoms with E-state index in [0.717, 1.165) is 45.2 Å². The number of amides is 1. The van der Waals surface area contributed by atoms with Gasteiger partial charge in [-0.1, -0.05) is 43.2 Å². The maximum atomic E-state index is 13.1. The van der Waals surface area contributed by atoms with Crippen LogP contribution < -0.4 is 16.4 Å². The molecule has 2 saturated carbocycles. The number of nitrogens with one attached hydrogen (secondary N) is 2. The third-order valence-corrected chi connectivity index (χ3v) is 6.54. The Morgan fingerprint density at radius 2 is 2.00 bits per heavy atom. The number of aliphatic hydroxyl groups is 1. The Morgan fingerprint density at radius 1 is 1.32 bits per heavy atom. The first-order valence-corrected chi connectivity index (χ1v) is 9.12. The third kappa shape index (κ3) is 2.97. The third-order valence-electron chi connectivity index (χ3n) is 6.54. The van der Waals surface area contributed by atoms with E-state index in [0.29, 0.717) is 11.5 Å². The fraction of sp³-hybridized carbons (Fsp3) is 0.632. The van der Waals surface area contributed by atoms with Crippen molar-refractivity contribution in [2.24, 2.45) is 23.0 Å². The van der Waals surface area contributed by atoms with E-state index >= 15 is 0 Å². The summed E-state index contributed by atoms with van der Waals surface area (Å²) in [6.07, 6.45) is 4.55. The highest BCUT2D eigenvalue weighted by atomic mass is 35.5. The molecule has 1 amide bonds. The van der Waals surface area contributed by atoms with Gasteiger partial charge in [-0.2, -0.15) is 0 Å². The molecule has 0 bridgehead atoms. The van der Waals surface area contributed by atoms with Crippen LogP contribution >= 0.6 is 12.4 Å². The lowest BCUT2D eigenvalue weighted by Crippen LogP contribution is -2.57. The molecular formula is C19H28ClN3O2. The first kappa shape index (κ1) is 18.6. The number of halogens is 1. The fourth-order valence-corrected chi connectivity index (χ4v) is 4.84. The van der Waals surface area contributed by atoms with Gasteiger partial charge in [-0.15, -0.1) is 12.4 Å². The van der Waals surface area contributed by atoms with Crippen LogP contribution in [0.1, 0.15) is 37.7 Å². The predicted octanol–water partition coefficient (Wildman–Crippen LogP) is 1.50. The van der Waals surface area contributed by atoms with Gasteiger partial charge >= 0.3 is 0 Å². The monoisotopic (exact) mass is 365 g/mol. The second-order valence-electron chi connectivity index (χ2n) is 7.83. The van der Waals surface area contributed by atoms with Gasteiger partial charge in [0.1, 0.15) is 0 Å². The lowest BCUT2D eigenvalue weighted by atomic mass is 9.79. The van der Waals surface area contributed by atoms with E-state index in [1.54, 1.807) is 0 Å². The van der Waals surface area contributed by atoms with Gasteiger partial charge in [0.2, 0.25) is 0 Å². The molecule has 1 aliphatic heterocycles. The number of carbonyl (C=O) groups excluding carboxylic acids is 1. The molecule has 4 atom stereocenters. The first-order valence-electron chi connectivity index (χ1n) is 9.12. The van der Waals surface area contributed by atoms with Crippen LogP contribution in [-0.2, 0) is 10.4 Å². The first-order chi connectivity index (χ1) is 11.6. The van der Waals surface area contributed by atoms with Crippen LogP contribution in [0.4, 0.5) is 0 Å². The molecule has 1 saturated heterocycles. The zero-order chi connectivity index (χ0) is 16.8. The lowest BCUT2D eigenvalue weighted by Gasteiger charge is -2.35. The molecule has 0 spiro atoms. The van der Waals surface area contributed by atoms with Crippen molar-refractivity contribution in [3.8, 4) is 0 Å². The lowest BCUT2D eigenvalue weighted by molar-refractivity contribution is -0.148. The second-order valence-corrected chi connectivity index (χ2v) is 7.83. The summed E-state index contributed by atoms with van der Waals surface area (Å²) in [5, 5.41) is 17.8. The number of rotatable bonds is 5. The number of benzene rings is 1. The summed E-state index contributed by atoms with van der Waals surface area (Å²) in [4.78, 5) is 13.1. The number of fused-ring (bicyclic) bond motifs is 1. The largest absolute Gasteiger partial charge is 0.375 e. The highest BCUT2D eigenvalue weighted by Gasteiger charge is 2.61. The minimum Gasteiger partial charge on any atom is -0.375 e. The Kier molecular flexibility index (Phi) is 5.13. The molecule has 3 fully saturated rings. The van der Waals surface area contributed by atoms with E-state index < -0.39 is 11.8 Å². The van der Waals surface area contributed by atoms with E-state index in [-0.39, 0.29) is 29.6 Å². The number of piperidine rings is 1. The maximum absolute atomic E-state index is 13.1. The Bertz CT molecular complexity index is 622. The van der Waals surface area contributed by atoms with Crippen LogP contribution in [0.25, 0.3) is 0 Å². The van der Waals surface area contributed by atoms with Crippen molar-refractivity contribution in [2.75, 3.05) is 13.1 Å². The van der Waals surface area contributed by atoms with Crippen LogP contribution in [-0.4, -0.2) is 30.3 Å². The summed E-state index contributed by atoms with van der Waals surface area (Å²) < 4.78 is 0. The molecule has 25 heavy (non-hydrogen) atoms. The summed E-state index contributed by atoms with van der Waals surface area (Å²) in [7, 11) is 0. The van der Waals surface area contributed by atoms with Crippen LogP contribution in [0.5, 0.6) is 0 Å². The van der Waals surface area contributed by atoms with Crippen LogP contribution in [0.3, 0.4) is 0 Å². The molecule has 5 N–H and O–H groups in total. The van der Waals surface area contributed by atoms with E-state index in [2.05, 4.69) is 10.6 Å². The Balaban J connectivity index is 0.00000182. The number of hydrogen-bond acceptors (Lipinski definition) is 4. The molecule has 4 rings (SSSR count). The van der Waals surface area contributed by atoms with Gasteiger partial charge in [-0.05, 0) is 37.3 Å². The zero-order valence-electron chi connectivity index (χ0n) is 14.4. The van der Waals surface area contributed by atoms with E-state index in [4.69, 9.17) is 5.73 Å². The van der Waals surface area contributed by atoms with Crippen LogP contribution in [0.15, 0.2) is 30.3 Å². The summed E-state index contributed by atoms with van der Waals surface area (Å²) in [6, 6.07) is 9.34. The van der Waals surface area contributed by atoms with Gasteiger partial charge < -0.3 is 21.5 Å². The van der Waals surface area contributed by atoms with Crippen molar-refractivity contribution >= 4 is 18.3 Å². The highest BCUT2D eigenvalue weighted by Crippen LogP contribution is 2.56. The van der Waals surface area contributed by atoms with Gasteiger partial charge in [-0.3, -0.25) is 4.79 Å². The second kappa shape index (κ2) is 6.88. The van der Waals surface area contributed by atoms with Crippen molar-refractivity contribution in [1.29, 1.82) is 0 Å². The van der Waals surface area contributed by atoms with Crippen molar-refractivity contribution in [3.63, 3.8) is 0 Å². The van der Waals surface area contributed by atoms with E-state index in [1.165, 1.54) is 0 Å². The molecule has 2 aliphatic carbocycles. The molecule has 0 aromatic heterocycles. The molecule has 5 nitrogen and oxygen atoms in total. The van der Waals surface area contributed by atoms with Crippen LogP contribution in [0.2, 0.25) is 0 Å². The van der Waals surface area contributed by atoms with Crippen molar-refractivity contribution in [3.05, 3.63) is 35.9 Å². The quantitative estimate of drug-likeness (QED) is 0.595. The SMILES string of the molecule is Cl.NC(NC(=O)[C@](O)(c1ccccc1)C1CCCC1)C12CNCC1C2. The van der Waals surface area contributed by atoms with Crippen molar-refractivity contribution < 1.29 is 9.90 Å². The highest BCUT2D eigenvalue weighted by molar-refractivity contribution is 5.87. The number of hydrogen-bond donors (Lipinski definition) is 4. The predicted molar refractivity (Wildman–Crippen MR) is 99.1 cm³/mol. The Morgan fingerprint density at radius 3 is 2.56 bits per heavy atom. The fourth-order valence-electron chi connectivity index (χ4n) is 4.84. The van der Waals surface area contributed by atoms with E-state index in [9.17, 15) is 9.90 Å². The van der Waals surface area contributed by atoms with Gasteiger partial charge in [0.25, 0.3) is 5.91 Å². The minimum atomic E-state index is -1.48. The molecule has 1 aromatic rings.